The summed E-state index contributed by atoms with van der Waals surface area (Å²) in [5.74, 6) is 0.385. The summed E-state index contributed by atoms with van der Waals surface area (Å²) in [4.78, 5) is 24.3. The number of carboxylic acid groups (broad SMARTS) is 1. The first-order valence-electron chi connectivity index (χ1n) is 12.7. The minimum atomic E-state index is -0.680. The number of aliphatic carboxylic acids is 1. The monoisotopic (exact) mass is 450 g/mol. The van der Waals surface area contributed by atoms with Crippen LogP contribution in [0.5, 0.6) is 0 Å². The maximum Gasteiger partial charge on any atom is 0.407 e. The van der Waals surface area contributed by atoms with E-state index in [9.17, 15) is 19.8 Å². The van der Waals surface area contributed by atoms with Crippen LogP contribution in [0.15, 0.2) is 0 Å². The minimum Gasteiger partial charge on any atom is -0.481 e. The second kappa shape index (κ2) is 8.46. The van der Waals surface area contributed by atoms with Gasteiger partial charge >= 0.3 is 12.1 Å². The third kappa shape index (κ3) is 3.54. The van der Waals surface area contributed by atoms with Gasteiger partial charge in [-0.2, -0.15) is 0 Å². The number of aliphatic hydroxyl groups excluding tert-OH is 1. The standard InChI is InChI=1S/C25H42N2O5/c1-4-16(14-28)27-22(31)32-17-7-10-23(2)15(13-17)5-6-19-18(23)8-11-24(3)20(21(29)30)9-12-25(19,24)26/h15-20,28H,4-14,26H2,1-3H3,(H,27,31)(H,29,30)/t15-,16?,17+,18+,19-,20-,23+,24-,25+/m1/s1. The third-order valence-corrected chi connectivity index (χ3v) is 10.6. The highest BCUT2D eigenvalue weighted by atomic mass is 16.6. The molecule has 4 rings (SSSR count). The summed E-state index contributed by atoms with van der Waals surface area (Å²) in [6.07, 6.45) is 8.50. The van der Waals surface area contributed by atoms with Gasteiger partial charge in [0.05, 0.1) is 18.6 Å². The van der Waals surface area contributed by atoms with Gasteiger partial charge in [-0.05, 0) is 92.8 Å². The Bertz CT molecular complexity index is 742. The average molecular weight is 451 g/mol. The van der Waals surface area contributed by atoms with Gasteiger partial charge in [-0.3, -0.25) is 4.79 Å². The molecule has 0 aromatic heterocycles. The molecule has 0 aliphatic heterocycles. The first-order valence-corrected chi connectivity index (χ1v) is 12.7. The van der Waals surface area contributed by atoms with E-state index in [0.717, 1.165) is 51.4 Å². The number of nitrogens with one attached hydrogen (secondary N) is 1. The summed E-state index contributed by atoms with van der Waals surface area (Å²) >= 11 is 0. The Balaban J connectivity index is 1.45. The van der Waals surface area contributed by atoms with Crippen molar-refractivity contribution in [3.8, 4) is 0 Å². The van der Waals surface area contributed by atoms with E-state index in [-0.39, 0.29) is 41.0 Å². The van der Waals surface area contributed by atoms with Gasteiger partial charge in [0.1, 0.15) is 6.10 Å². The number of amides is 1. The number of fused-ring (bicyclic) bond motifs is 5. The van der Waals surface area contributed by atoms with Crippen LogP contribution in [0.1, 0.15) is 85.0 Å². The summed E-state index contributed by atoms with van der Waals surface area (Å²) in [5.41, 5.74) is 6.63. The molecule has 32 heavy (non-hydrogen) atoms. The molecule has 7 nitrogen and oxygen atoms in total. The van der Waals surface area contributed by atoms with Crippen molar-refractivity contribution in [2.45, 2.75) is 103 Å². The van der Waals surface area contributed by atoms with Crippen LogP contribution in [0.25, 0.3) is 0 Å². The number of hydrogen-bond donors (Lipinski definition) is 4. The van der Waals surface area contributed by atoms with Crippen molar-refractivity contribution < 1.29 is 24.5 Å². The van der Waals surface area contributed by atoms with E-state index in [4.69, 9.17) is 10.5 Å². The van der Waals surface area contributed by atoms with E-state index in [1.54, 1.807) is 0 Å². The summed E-state index contributed by atoms with van der Waals surface area (Å²) in [6.45, 7) is 6.40. The first-order chi connectivity index (χ1) is 15.1. The molecular formula is C25H42N2O5. The number of nitrogens with two attached hydrogens (primary N) is 1. The highest BCUT2D eigenvalue weighted by Crippen LogP contribution is 2.68. The summed E-state index contributed by atoms with van der Waals surface area (Å²) in [7, 11) is 0. The second-order valence-corrected chi connectivity index (χ2v) is 11.7. The zero-order valence-corrected chi connectivity index (χ0v) is 19.9. The van der Waals surface area contributed by atoms with Crippen LogP contribution in [0.2, 0.25) is 0 Å². The molecule has 0 spiro atoms. The number of carbonyl (C=O) groups excluding carboxylic acids is 1. The van der Waals surface area contributed by atoms with Crippen molar-refractivity contribution in [2.75, 3.05) is 6.61 Å². The summed E-state index contributed by atoms with van der Waals surface area (Å²) in [6, 6.07) is -0.259. The molecular weight excluding hydrogens is 408 g/mol. The maximum absolute atomic E-state index is 12.3. The van der Waals surface area contributed by atoms with Gasteiger partial charge < -0.3 is 26.0 Å². The molecule has 0 radical (unpaired) electrons. The molecule has 0 saturated heterocycles. The van der Waals surface area contributed by atoms with Crippen molar-refractivity contribution in [1.29, 1.82) is 0 Å². The normalized spacial score (nSPS) is 46.3. The van der Waals surface area contributed by atoms with E-state index < -0.39 is 12.1 Å². The molecule has 5 N–H and O–H groups in total. The molecule has 9 atom stereocenters. The van der Waals surface area contributed by atoms with Crippen LogP contribution in [0.4, 0.5) is 4.79 Å². The molecule has 4 aliphatic carbocycles. The number of aliphatic hydroxyl groups is 1. The van der Waals surface area contributed by atoms with Gasteiger partial charge in [0.25, 0.3) is 0 Å². The van der Waals surface area contributed by atoms with Crippen LogP contribution >= 0.6 is 0 Å². The number of hydrogen-bond acceptors (Lipinski definition) is 5. The lowest BCUT2D eigenvalue weighted by Gasteiger charge is -2.64. The van der Waals surface area contributed by atoms with E-state index in [0.29, 0.717) is 30.6 Å². The van der Waals surface area contributed by atoms with E-state index in [1.165, 1.54) is 0 Å². The van der Waals surface area contributed by atoms with Crippen LogP contribution in [0.3, 0.4) is 0 Å². The maximum atomic E-state index is 12.3. The molecule has 0 aromatic rings. The number of carbonyl (C=O) groups is 2. The Kier molecular flexibility index (Phi) is 6.29. The van der Waals surface area contributed by atoms with Gasteiger partial charge in [0, 0.05) is 5.54 Å². The Hall–Kier alpha value is -1.34. The topological polar surface area (TPSA) is 122 Å². The number of carboxylic acids is 1. The number of alkyl carbamates (subject to hydrolysis) is 1. The van der Waals surface area contributed by atoms with Crippen molar-refractivity contribution in [2.24, 2.45) is 40.2 Å². The largest absolute Gasteiger partial charge is 0.481 e. The van der Waals surface area contributed by atoms with Crippen LogP contribution in [0, 0.1) is 34.5 Å². The predicted molar refractivity (Wildman–Crippen MR) is 121 cm³/mol. The predicted octanol–water partition coefficient (Wildman–Crippen LogP) is 3.68. The van der Waals surface area contributed by atoms with E-state index >= 15 is 0 Å². The van der Waals surface area contributed by atoms with E-state index in [1.807, 2.05) is 6.92 Å². The lowest BCUT2D eigenvalue weighted by atomic mass is 9.42. The van der Waals surface area contributed by atoms with Crippen LogP contribution in [-0.2, 0) is 9.53 Å². The van der Waals surface area contributed by atoms with Crippen LogP contribution in [-0.4, -0.2) is 46.6 Å². The van der Waals surface area contributed by atoms with Gasteiger partial charge in [-0.1, -0.05) is 20.8 Å². The van der Waals surface area contributed by atoms with Gasteiger partial charge in [0.15, 0.2) is 0 Å². The van der Waals surface area contributed by atoms with Gasteiger partial charge in [-0.25, -0.2) is 4.79 Å². The summed E-state index contributed by atoms with van der Waals surface area (Å²) < 4.78 is 5.75. The quantitative estimate of drug-likeness (QED) is 0.507. The zero-order valence-electron chi connectivity index (χ0n) is 19.9. The Morgan fingerprint density at radius 2 is 1.84 bits per heavy atom. The zero-order chi connectivity index (χ0) is 23.3. The molecule has 182 valence electrons. The lowest BCUT2D eigenvalue weighted by Crippen LogP contribution is -2.66. The highest BCUT2D eigenvalue weighted by molar-refractivity contribution is 5.72. The Labute approximate surface area is 191 Å². The smallest absolute Gasteiger partial charge is 0.407 e. The molecule has 7 heteroatoms. The molecule has 0 heterocycles. The minimum absolute atomic E-state index is 0.0793. The second-order valence-electron chi connectivity index (χ2n) is 11.7. The molecule has 1 amide bonds. The molecule has 0 bridgehead atoms. The fourth-order valence-electron chi connectivity index (χ4n) is 8.42. The Morgan fingerprint density at radius 3 is 2.50 bits per heavy atom. The average Bonchev–Trinajstić information content (AvgIpc) is 3.03. The molecule has 4 saturated carbocycles. The van der Waals surface area contributed by atoms with Gasteiger partial charge in [-0.15, -0.1) is 0 Å². The molecule has 4 fully saturated rings. The van der Waals surface area contributed by atoms with Gasteiger partial charge in [0.2, 0.25) is 0 Å². The fraction of sp³-hybridized carbons (Fsp3) is 0.920. The Morgan fingerprint density at radius 1 is 1.09 bits per heavy atom. The number of ether oxygens (including phenoxy) is 1. The molecule has 4 aliphatic rings. The van der Waals surface area contributed by atoms with Crippen molar-refractivity contribution in [3.63, 3.8) is 0 Å². The van der Waals surface area contributed by atoms with Crippen molar-refractivity contribution >= 4 is 12.1 Å². The first kappa shape index (κ1) is 23.8. The number of rotatable bonds is 5. The lowest BCUT2D eigenvalue weighted by molar-refractivity contribution is -0.157. The SMILES string of the molecule is CCC(CO)NC(=O)O[C@H]1CC[C@@]2(C)[C@H](CC[C@@H]3[C@@H]2CC[C@]2(C)[C@@H](C(=O)O)CC[C@]32N)C1. The molecule has 0 aromatic carbocycles. The highest BCUT2D eigenvalue weighted by Gasteiger charge is 2.67. The van der Waals surface area contributed by atoms with Crippen molar-refractivity contribution in [1.82, 2.24) is 5.32 Å². The van der Waals surface area contributed by atoms with Crippen LogP contribution < -0.4 is 11.1 Å². The molecule has 1 unspecified atom stereocenters. The van der Waals surface area contributed by atoms with E-state index in [2.05, 4.69) is 19.2 Å². The van der Waals surface area contributed by atoms with Crippen molar-refractivity contribution in [3.05, 3.63) is 0 Å². The fourth-order valence-corrected chi connectivity index (χ4v) is 8.42. The third-order valence-electron chi connectivity index (χ3n) is 10.6. The summed E-state index contributed by atoms with van der Waals surface area (Å²) in [5, 5.41) is 21.9.